The van der Waals surface area contributed by atoms with Crippen LogP contribution in [0.15, 0.2) is 70.6 Å². The predicted molar refractivity (Wildman–Crippen MR) is 116 cm³/mol. The highest BCUT2D eigenvalue weighted by atomic mass is 79.9. The molecule has 1 N–H and O–H groups in total. The van der Waals surface area contributed by atoms with Crippen LogP contribution in [0.5, 0.6) is 0 Å². The highest BCUT2D eigenvalue weighted by Crippen LogP contribution is 2.26. The molecular weight excluding hydrogens is 424 g/mol. The molecule has 0 bridgehead atoms. The molecule has 1 unspecified atom stereocenters. The topological polar surface area (TPSA) is 50.2 Å². The van der Waals surface area contributed by atoms with Crippen molar-refractivity contribution in [2.24, 2.45) is 0 Å². The highest BCUT2D eigenvalue weighted by Gasteiger charge is 2.18. The number of amides is 1. The number of thioether (sulfide) groups is 1. The molecule has 0 saturated carbocycles. The molecule has 1 aromatic heterocycles. The van der Waals surface area contributed by atoms with Gasteiger partial charge in [-0.05, 0) is 55.5 Å². The zero-order valence-electron chi connectivity index (χ0n) is 15.4. The number of benzene rings is 2. The van der Waals surface area contributed by atoms with Gasteiger partial charge in [-0.3, -0.25) is 9.36 Å². The zero-order valence-corrected chi connectivity index (χ0v) is 17.8. The van der Waals surface area contributed by atoms with Crippen molar-refractivity contribution in [3.8, 4) is 5.69 Å². The highest BCUT2D eigenvalue weighted by molar-refractivity contribution is 9.10. The third kappa shape index (κ3) is 4.93. The maximum Gasteiger partial charge on any atom is 0.237 e. The third-order valence-electron chi connectivity index (χ3n) is 4.01. The molecule has 0 aliphatic carbocycles. The van der Waals surface area contributed by atoms with Gasteiger partial charge < -0.3 is 10.2 Å². The van der Waals surface area contributed by atoms with Crippen molar-refractivity contribution < 1.29 is 4.79 Å². The Morgan fingerprint density at radius 3 is 2.44 bits per heavy atom. The molecule has 0 radical (unpaired) electrons. The fourth-order valence-electron chi connectivity index (χ4n) is 2.47. The van der Waals surface area contributed by atoms with E-state index in [0.29, 0.717) is 0 Å². The molecule has 3 aromatic rings. The Labute approximate surface area is 171 Å². The molecule has 5 nitrogen and oxygen atoms in total. The molecule has 0 spiro atoms. The first-order valence-electron chi connectivity index (χ1n) is 8.48. The molecule has 2 aromatic carbocycles. The molecule has 3 rings (SSSR count). The molecule has 7 heteroatoms. The fourth-order valence-corrected chi connectivity index (χ4v) is 3.62. The zero-order chi connectivity index (χ0) is 19.4. The summed E-state index contributed by atoms with van der Waals surface area (Å²) in [6.45, 7) is 1.88. The monoisotopic (exact) mass is 444 g/mol. The van der Waals surface area contributed by atoms with Crippen molar-refractivity contribution in [2.45, 2.75) is 17.3 Å². The molecule has 0 aliphatic heterocycles. The Hall–Kier alpha value is -2.25. The van der Waals surface area contributed by atoms with E-state index in [1.807, 2.05) is 85.2 Å². The Kier molecular flexibility index (Phi) is 6.23. The van der Waals surface area contributed by atoms with E-state index in [4.69, 9.17) is 0 Å². The average molecular weight is 445 g/mol. The van der Waals surface area contributed by atoms with Crippen molar-refractivity contribution in [2.75, 3.05) is 24.3 Å². The van der Waals surface area contributed by atoms with Crippen LogP contribution in [0.25, 0.3) is 5.69 Å². The number of hydrogen-bond acceptors (Lipinski definition) is 4. The maximum atomic E-state index is 12.6. The number of anilines is 2. The van der Waals surface area contributed by atoms with Gasteiger partial charge in [0, 0.05) is 48.0 Å². The van der Waals surface area contributed by atoms with E-state index in [0.717, 1.165) is 26.7 Å². The standard InChI is InChI=1S/C20H21BrN4OS/c1-14(19(26)23-16-6-10-17(11-7-16)24(2)3)27-20-22-12-13-25(20)18-8-4-15(21)5-9-18/h4-14H,1-3H3,(H,23,26). The summed E-state index contributed by atoms with van der Waals surface area (Å²) >= 11 is 4.88. The van der Waals surface area contributed by atoms with Gasteiger partial charge in [-0.15, -0.1) is 0 Å². The molecule has 140 valence electrons. The van der Waals surface area contributed by atoms with Crippen LogP contribution in [0, 0.1) is 0 Å². The van der Waals surface area contributed by atoms with Gasteiger partial charge in [0.15, 0.2) is 5.16 Å². The number of halogens is 1. The van der Waals surface area contributed by atoms with Gasteiger partial charge in [0.1, 0.15) is 0 Å². The SMILES string of the molecule is CC(Sc1nccn1-c1ccc(Br)cc1)C(=O)Nc1ccc(N(C)C)cc1. The number of nitrogens with zero attached hydrogens (tertiary/aromatic N) is 3. The fraction of sp³-hybridized carbons (Fsp3) is 0.200. The van der Waals surface area contributed by atoms with E-state index in [9.17, 15) is 4.79 Å². The smallest absolute Gasteiger partial charge is 0.237 e. The van der Waals surface area contributed by atoms with E-state index >= 15 is 0 Å². The summed E-state index contributed by atoms with van der Waals surface area (Å²) in [6.07, 6.45) is 3.64. The predicted octanol–water partition coefficient (Wildman–Crippen LogP) is 4.82. The van der Waals surface area contributed by atoms with Crippen LogP contribution in [-0.2, 0) is 4.79 Å². The van der Waals surface area contributed by atoms with Crippen molar-refractivity contribution in [1.29, 1.82) is 0 Å². The first-order valence-corrected chi connectivity index (χ1v) is 10.2. The molecule has 1 heterocycles. The van der Waals surface area contributed by atoms with Gasteiger partial charge in [0.25, 0.3) is 0 Å². The minimum absolute atomic E-state index is 0.0528. The van der Waals surface area contributed by atoms with Crippen LogP contribution in [-0.4, -0.2) is 34.8 Å². The lowest BCUT2D eigenvalue weighted by atomic mass is 10.2. The molecule has 27 heavy (non-hydrogen) atoms. The van der Waals surface area contributed by atoms with Crippen LogP contribution in [0.1, 0.15) is 6.92 Å². The summed E-state index contributed by atoms with van der Waals surface area (Å²) in [5.74, 6) is -0.0528. The van der Waals surface area contributed by atoms with Crippen LogP contribution < -0.4 is 10.2 Å². The second-order valence-corrected chi connectivity index (χ2v) is 8.47. The minimum Gasteiger partial charge on any atom is -0.378 e. The van der Waals surface area contributed by atoms with Gasteiger partial charge in [-0.2, -0.15) is 0 Å². The lowest BCUT2D eigenvalue weighted by molar-refractivity contribution is -0.115. The van der Waals surface area contributed by atoms with Crippen LogP contribution in [0.3, 0.4) is 0 Å². The van der Waals surface area contributed by atoms with Gasteiger partial charge in [0.05, 0.1) is 5.25 Å². The molecule has 0 saturated heterocycles. The number of imidazole rings is 1. The van der Waals surface area contributed by atoms with Crippen molar-refractivity contribution in [3.63, 3.8) is 0 Å². The summed E-state index contributed by atoms with van der Waals surface area (Å²) < 4.78 is 3.00. The second-order valence-electron chi connectivity index (χ2n) is 6.25. The van der Waals surface area contributed by atoms with E-state index < -0.39 is 0 Å². The van der Waals surface area contributed by atoms with Gasteiger partial charge >= 0.3 is 0 Å². The van der Waals surface area contributed by atoms with Crippen LogP contribution in [0.4, 0.5) is 11.4 Å². The van der Waals surface area contributed by atoms with Gasteiger partial charge in [-0.25, -0.2) is 4.98 Å². The molecule has 0 fully saturated rings. The summed E-state index contributed by atoms with van der Waals surface area (Å²) in [4.78, 5) is 19.0. The second kappa shape index (κ2) is 8.63. The lowest BCUT2D eigenvalue weighted by Crippen LogP contribution is -2.22. The molecular formula is C20H21BrN4OS. The number of rotatable bonds is 6. The number of nitrogens with one attached hydrogen (secondary N) is 1. The van der Waals surface area contributed by atoms with E-state index in [-0.39, 0.29) is 11.2 Å². The largest absolute Gasteiger partial charge is 0.378 e. The minimum atomic E-state index is -0.282. The normalized spacial score (nSPS) is 11.9. The van der Waals surface area contributed by atoms with E-state index in [1.165, 1.54) is 11.8 Å². The van der Waals surface area contributed by atoms with E-state index in [1.54, 1.807) is 6.20 Å². The summed E-state index contributed by atoms with van der Waals surface area (Å²) in [5, 5.41) is 3.46. The van der Waals surface area contributed by atoms with Crippen LogP contribution in [0.2, 0.25) is 0 Å². The van der Waals surface area contributed by atoms with Crippen molar-refractivity contribution in [3.05, 3.63) is 65.4 Å². The molecule has 1 atom stereocenters. The third-order valence-corrected chi connectivity index (χ3v) is 5.62. The molecule has 0 aliphatic rings. The quantitative estimate of drug-likeness (QED) is 0.553. The Morgan fingerprint density at radius 2 is 1.81 bits per heavy atom. The van der Waals surface area contributed by atoms with Crippen molar-refractivity contribution in [1.82, 2.24) is 9.55 Å². The van der Waals surface area contributed by atoms with Gasteiger partial charge in [-0.1, -0.05) is 27.7 Å². The number of carbonyl (C=O) groups is 1. The first kappa shape index (κ1) is 19.5. The van der Waals surface area contributed by atoms with Gasteiger partial charge in [0.2, 0.25) is 5.91 Å². The number of carbonyl (C=O) groups excluding carboxylic acids is 1. The Morgan fingerprint density at radius 1 is 1.15 bits per heavy atom. The molecule has 1 amide bonds. The van der Waals surface area contributed by atoms with Crippen molar-refractivity contribution >= 4 is 45.0 Å². The van der Waals surface area contributed by atoms with E-state index in [2.05, 4.69) is 26.2 Å². The first-order chi connectivity index (χ1) is 12.9. The average Bonchev–Trinajstić information content (AvgIpc) is 3.10. The summed E-state index contributed by atoms with van der Waals surface area (Å²) in [5.41, 5.74) is 2.88. The summed E-state index contributed by atoms with van der Waals surface area (Å²) in [7, 11) is 3.97. The number of aromatic nitrogens is 2. The lowest BCUT2D eigenvalue weighted by Gasteiger charge is -2.15. The number of hydrogen-bond donors (Lipinski definition) is 1. The summed E-state index contributed by atoms with van der Waals surface area (Å²) in [6, 6.07) is 15.8. The maximum absolute atomic E-state index is 12.6. The Bertz CT molecular complexity index is 906. The Balaban J connectivity index is 1.67. The van der Waals surface area contributed by atoms with Crippen LogP contribution >= 0.6 is 27.7 Å².